The quantitative estimate of drug-likeness (QED) is 0.145. The van der Waals surface area contributed by atoms with Crippen molar-refractivity contribution in [2.75, 3.05) is 17.2 Å². The van der Waals surface area contributed by atoms with Gasteiger partial charge in [0.25, 0.3) is 0 Å². The van der Waals surface area contributed by atoms with Gasteiger partial charge in [-0.1, -0.05) is 74.2 Å². The van der Waals surface area contributed by atoms with Crippen molar-refractivity contribution in [3.05, 3.63) is 95.8 Å². The molecule has 2 heterocycles. The molecule has 0 aliphatic carbocycles. The first-order valence-electron chi connectivity index (χ1n) is 14.4. The van der Waals surface area contributed by atoms with Gasteiger partial charge in [-0.25, -0.2) is 9.67 Å². The number of thiocarbonyl (C=S) groups is 1. The summed E-state index contributed by atoms with van der Waals surface area (Å²) in [6, 6.07) is 19.2. The van der Waals surface area contributed by atoms with Crippen LogP contribution in [0.5, 0.6) is 5.75 Å². The van der Waals surface area contributed by atoms with E-state index in [1.807, 2.05) is 49.4 Å². The summed E-state index contributed by atoms with van der Waals surface area (Å²) >= 11 is 6.86. The highest BCUT2D eigenvalue weighted by atomic mass is 32.2. The molecule has 0 unspecified atom stereocenters. The molecule has 1 aliphatic rings. The topological polar surface area (TPSA) is 84.6 Å². The predicted octanol–water partition coefficient (Wildman–Crippen LogP) is 7.68. The third-order valence-electron chi connectivity index (χ3n) is 6.90. The summed E-state index contributed by atoms with van der Waals surface area (Å²) in [7, 11) is 0. The summed E-state index contributed by atoms with van der Waals surface area (Å²) in [5.41, 5.74) is 5.35. The minimum atomic E-state index is -4.75. The van der Waals surface area contributed by atoms with Crippen molar-refractivity contribution < 1.29 is 22.7 Å². The summed E-state index contributed by atoms with van der Waals surface area (Å²) in [6.45, 7) is 6.80. The van der Waals surface area contributed by atoms with Crippen LogP contribution in [0, 0.1) is 6.92 Å². The first-order valence-corrected chi connectivity index (χ1v) is 15.8. The van der Waals surface area contributed by atoms with Crippen LogP contribution in [0.15, 0.2) is 84.1 Å². The number of anilines is 1. The van der Waals surface area contributed by atoms with Gasteiger partial charge in [-0.3, -0.25) is 9.69 Å². The van der Waals surface area contributed by atoms with E-state index >= 15 is 0 Å². The van der Waals surface area contributed by atoms with Gasteiger partial charge in [0, 0.05) is 12.1 Å². The van der Waals surface area contributed by atoms with E-state index in [9.17, 15) is 18.0 Å². The zero-order chi connectivity index (χ0) is 32.8. The molecule has 1 N–H and O–H groups in total. The zero-order valence-corrected chi connectivity index (χ0v) is 26.9. The van der Waals surface area contributed by atoms with Gasteiger partial charge >= 0.3 is 6.36 Å². The van der Waals surface area contributed by atoms with Crippen LogP contribution < -0.4 is 15.0 Å². The summed E-state index contributed by atoms with van der Waals surface area (Å²) in [4.78, 5) is 23.4. The Balaban J connectivity index is 1.13. The number of hydrogen-bond acceptors (Lipinski definition) is 6. The Morgan fingerprint density at radius 1 is 1.13 bits per heavy atom. The van der Waals surface area contributed by atoms with E-state index in [1.165, 1.54) is 47.0 Å². The fourth-order valence-electron chi connectivity index (χ4n) is 4.69. The maximum Gasteiger partial charge on any atom is 0.573 e. The highest BCUT2D eigenvalue weighted by molar-refractivity contribution is 8.15. The number of thioether (sulfide) groups is 1. The summed E-state index contributed by atoms with van der Waals surface area (Å²) in [6.07, 6.45) is 1.48. The van der Waals surface area contributed by atoms with Crippen LogP contribution in [-0.4, -0.2) is 49.6 Å². The average Bonchev–Trinajstić information content (AvgIpc) is 3.64. The molecule has 1 aliphatic heterocycles. The molecule has 8 nitrogen and oxygen atoms in total. The minimum Gasteiger partial charge on any atom is -0.406 e. The van der Waals surface area contributed by atoms with E-state index in [0.29, 0.717) is 40.5 Å². The molecule has 0 radical (unpaired) electrons. The van der Waals surface area contributed by atoms with Gasteiger partial charge in [0.05, 0.1) is 17.1 Å². The number of benzene rings is 3. The Morgan fingerprint density at radius 2 is 1.87 bits per heavy atom. The van der Waals surface area contributed by atoms with E-state index in [0.717, 1.165) is 27.9 Å². The fourth-order valence-corrected chi connectivity index (χ4v) is 5.80. The number of alkyl halides is 3. The molecule has 1 amide bonds. The van der Waals surface area contributed by atoms with Gasteiger partial charge in [-0.05, 0) is 78.5 Å². The van der Waals surface area contributed by atoms with Gasteiger partial charge in [0.2, 0.25) is 5.91 Å². The molecular weight excluding hydrogens is 634 g/mol. The van der Waals surface area contributed by atoms with Crippen molar-refractivity contribution in [3.8, 4) is 22.8 Å². The molecular formula is C33H31F3N6O2S2. The maximum absolute atomic E-state index is 12.8. The van der Waals surface area contributed by atoms with Crippen molar-refractivity contribution in [1.82, 2.24) is 20.1 Å². The number of carbonyl (C=O) groups excluding carboxylic acids is 1. The number of aryl methyl sites for hydroxylation is 1. The molecule has 1 aromatic heterocycles. The Hall–Kier alpha value is -4.49. The molecule has 238 valence electrons. The number of halogens is 3. The molecule has 13 heteroatoms. The SMILES string of the molecule is Cc1ccc(C(C)C)c(N2C(=O)CS/C2=N\C(=S)NCC/C=C\c2ccc(-c3ncn(-c4ccc(OC(F)(F)F)cc4)n3)cc2)c1. The molecule has 5 rings (SSSR count). The summed E-state index contributed by atoms with van der Waals surface area (Å²) in [5, 5.41) is 8.50. The van der Waals surface area contributed by atoms with Crippen LogP contribution in [0.25, 0.3) is 23.2 Å². The van der Waals surface area contributed by atoms with E-state index < -0.39 is 6.36 Å². The Morgan fingerprint density at radius 3 is 2.57 bits per heavy atom. The minimum absolute atomic E-state index is 0.00900. The van der Waals surface area contributed by atoms with Gasteiger partial charge in [0.1, 0.15) is 12.1 Å². The molecule has 0 spiro atoms. The Labute approximate surface area is 274 Å². The standard InChI is InChI=1S/C33H31F3N6O2S2/c1-21(2)27-16-7-22(3)18-28(27)42-29(43)19-46-32(42)39-31(45)37-17-5-4-6-23-8-10-24(11-9-23)30-38-20-41(40-30)25-12-14-26(15-13-25)44-33(34,35)36/h4,6-16,18,20-21H,5,17,19H2,1-3H3,(H,37,45)/b6-4-,39-32-. The number of rotatable bonds is 9. The van der Waals surface area contributed by atoms with E-state index in [4.69, 9.17) is 12.2 Å². The maximum atomic E-state index is 12.8. The molecule has 0 atom stereocenters. The van der Waals surface area contributed by atoms with Gasteiger partial charge < -0.3 is 10.1 Å². The van der Waals surface area contributed by atoms with Crippen molar-refractivity contribution in [1.29, 1.82) is 0 Å². The average molecular weight is 665 g/mol. The lowest BCUT2D eigenvalue weighted by molar-refractivity contribution is -0.274. The molecule has 3 aromatic carbocycles. The predicted molar refractivity (Wildman–Crippen MR) is 180 cm³/mol. The van der Waals surface area contributed by atoms with Crippen molar-refractivity contribution in [3.63, 3.8) is 0 Å². The smallest absolute Gasteiger partial charge is 0.406 e. The number of aromatic nitrogens is 3. The third-order valence-corrected chi connectivity index (χ3v) is 8.06. The van der Waals surface area contributed by atoms with E-state index in [1.54, 1.807) is 4.90 Å². The molecule has 1 saturated heterocycles. The third kappa shape index (κ3) is 8.40. The number of carbonyl (C=O) groups is 1. The fraction of sp³-hybridized carbons (Fsp3) is 0.242. The Kier molecular flexibility index (Phi) is 10.2. The monoisotopic (exact) mass is 664 g/mol. The molecule has 4 aromatic rings. The highest BCUT2D eigenvalue weighted by Crippen LogP contribution is 2.34. The highest BCUT2D eigenvalue weighted by Gasteiger charge is 2.32. The van der Waals surface area contributed by atoms with Crippen LogP contribution in [0.4, 0.5) is 18.9 Å². The zero-order valence-electron chi connectivity index (χ0n) is 25.3. The summed E-state index contributed by atoms with van der Waals surface area (Å²) < 4.78 is 42.6. The normalized spacial score (nSPS) is 14.5. The second kappa shape index (κ2) is 14.3. The molecule has 46 heavy (non-hydrogen) atoms. The first kappa shape index (κ1) is 32.9. The lowest BCUT2D eigenvalue weighted by Crippen LogP contribution is -2.32. The molecule has 0 bridgehead atoms. The number of nitrogens with one attached hydrogen (secondary N) is 1. The summed E-state index contributed by atoms with van der Waals surface area (Å²) in [5.74, 6) is 0.742. The number of amidine groups is 1. The van der Waals surface area contributed by atoms with Gasteiger partial charge in [-0.2, -0.15) is 4.99 Å². The van der Waals surface area contributed by atoms with Crippen molar-refractivity contribution in [2.45, 2.75) is 39.5 Å². The lowest BCUT2D eigenvalue weighted by Gasteiger charge is -2.22. The molecule has 0 saturated carbocycles. The largest absolute Gasteiger partial charge is 0.573 e. The second-order valence-corrected chi connectivity index (χ2v) is 12.1. The number of nitrogens with zero attached hydrogens (tertiary/aromatic N) is 5. The lowest BCUT2D eigenvalue weighted by atomic mass is 9.99. The second-order valence-electron chi connectivity index (χ2n) is 10.7. The van der Waals surface area contributed by atoms with Crippen LogP contribution >= 0.6 is 24.0 Å². The van der Waals surface area contributed by atoms with Crippen molar-refractivity contribution >= 4 is 51.9 Å². The Bertz CT molecular complexity index is 1770. The van der Waals surface area contributed by atoms with Crippen LogP contribution in [-0.2, 0) is 4.79 Å². The van der Waals surface area contributed by atoms with Gasteiger partial charge in [0.15, 0.2) is 16.1 Å². The van der Waals surface area contributed by atoms with Crippen molar-refractivity contribution in [2.24, 2.45) is 4.99 Å². The van der Waals surface area contributed by atoms with E-state index in [-0.39, 0.29) is 17.6 Å². The van der Waals surface area contributed by atoms with Crippen LogP contribution in [0.1, 0.15) is 42.9 Å². The number of hydrogen-bond donors (Lipinski definition) is 1. The number of ether oxygens (including phenoxy) is 1. The van der Waals surface area contributed by atoms with E-state index in [2.05, 4.69) is 51.1 Å². The molecule has 1 fully saturated rings. The van der Waals surface area contributed by atoms with Gasteiger partial charge in [-0.15, -0.1) is 18.3 Å². The van der Waals surface area contributed by atoms with Crippen LogP contribution in [0.3, 0.4) is 0 Å². The van der Waals surface area contributed by atoms with Crippen LogP contribution in [0.2, 0.25) is 0 Å². The first-order chi connectivity index (χ1) is 22.0. The number of aliphatic imine (C=N–C) groups is 1. The number of amides is 1.